The molecule has 1 aromatic carbocycles. The summed E-state index contributed by atoms with van der Waals surface area (Å²) in [5.74, 6) is 0.250. The number of likely N-dealkylation sites (tertiary alicyclic amines) is 2. The van der Waals surface area contributed by atoms with Crippen LogP contribution >= 0.6 is 0 Å². The molecule has 3 aliphatic rings. The van der Waals surface area contributed by atoms with Gasteiger partial charge in [-0.3, -0.25) is 4.79 Å². The lowest BCUT2D eigenvalue weighted by Gasteiger charge is -2.44. The molecule has 1 spiro atoms. The summed E-state index contributed by atoms with van der Waals surface area (Å²) in [6.07, 6.45) is 3.54. The van der Waals surface area contributed by atoms with Gasteiger partial charge in [-0.25, -0.2) is 4.79 Å². The average Bonchev–Trinajstić information content (AvgIpc) is 2.92. The summed E-state index contributed by atoms with van der Waals surface area (Å²) < 4.78 is 5.11. The third-order valence-corrected chi connectivity index (χ3v) is 6.65. The van der Waals surface area contributed by atoms with Gasteiger partial charge in [-0.05, 0) is 57.3 Å². The van der Waals surface area contributed by atoms with E-state index in [1.165, 1.54) is 5.56 Å². The van der Waals surface area contributed by atoms with E-state index in [0.717, 1.165) is 57.5 Å². The molecule has 0 unspecified atom stereocenters. The lowest BCUT2D eigenvalue weighted by molar-refractivity contribution is -0.125. The molecule has 0 radical (unpaired) electrons. The van der Waals surface area contributed by atoms with Crippen LogP contribution in [0, 0.1) is 0 Å². The Bertz CT molecular complexity index is 719. The summed E-state index contributed by atoms with van der Waals surface area (Å²) in [5, 5.41) is 0. The van der Waals surface area contributed by atoms with E-state index < -0.39 is 0 Å². The number of anilines is 1. The van der Waals surface area contributed by atoms with Gasteiger partial charge in [0.05, 0.1) is 12.0 Å². The first kappa shape index (κ1) is 18.3. The lowest BCUT2D eigenvalue weighted by atomic mass is 9.73. The molecule has 0 aliphatic carbocycles. The smallest absolute Gasteiger partial charge is 0.409 e. The second kappa shape index (κ2) is 7.15. The van der Waals surface area contributed by atoms with Gasteiger partial charge in [-0.1, -0.05) is 18.2 Å². The van der Waals surface area contributed by atoms with E-state index >= 15 is 0 Å². The van der Waals surface area contributed by atoms with Crippen LogP contribution in [0.15, 0.2) is 24.3 Å². The van der Waals surface area contributed by atoms with Gasteiger partial charge in [0.2, 0.25) is 5.91 Å². The highest BCUT2D eigenvalue weighted by Crippen LogP contribution is 2.47. The number of carbonyl (C=O) groups excluding carboxylic acids is 2. The molecule has 3 heterocycles. The topological polar surface area (TPSA) is 53.1 Å². The zero-order valence-corrected chi connectivity index (χ0v) is 16.3. The van der Waals surface area contributed by atoms with Gasteiger partial charge >= 0.3 is 6.09 Å². The van der Waals surface area contributed by atoms with Crippen LogP contribution in [0.25, 0.3) is 0 Å². The zero-order chi connectivity index (χ0) is 19.0. The predicted octanol–water partition coefficient (Wildman–Crippen LogP) is 2.62. The van der Waals surface area contributed by atoms with Crippen LogP contribution in [0.4, 0.5) is 10.5 Å². The Morgan fingerprint density at radius 2 is 1.81 bits per heavy atom. The highest BCUT2D eigenvalue weighted by atomic mass is 16.6. The first-order valence-corrected chi connectivity index (χ1v) is 10.1. The van der Waals surface area contributed by atoms with Crippen molar-refractivity contribution in [2.45, 2.75) is 44.1 Å². The zero-order valence-electron chi connectivity index (χ0n) is 16.3. The number of amides is 2. The quantitative estimate of drug-likeness (QED) is 0.802. The average molecular weight is 371 g/mol. The molecule has 0 N–H and O–H groups in total. The van der Waals surface area contributed by atoms with Crippen LogP contribution in [0.1, 0.15) is 38.2 Å². The Morgan fingerprint density at radius 1 is 1.15 bits per heavy atom. The molecule has 3 aliphatic heterocycles. The molecular formula is C21H29N3O3. The Kier molecular flexibility index (Phi) is 4.84. The molecule has 2 amide bonds. The largest absolute Gasteiger partial charge is 0.450 e. The first-order valence-electron chi connectivity index (χ1n) is 10.1. The molecule has 6 nitrogen and oxygen atoms in total. The number of nitrogens with zero attached hydrogens (tertiary/aromatic N) is 3. The first-order chi connectivity index (χ1) is 13.1. The van der Waals surface area contributed by atoms with E-state index in [-0.39, 0.29) is 17.4 Å². The van der Waals surface area contributed by atoms with Crippen molar-refractivity contribution in [3.8, 4) is 0 Å². The van der Waals surface area contributed by atoms with Gasteiger partial charge in [-0.2, -0.15) is 0 Å². The van der Waals surface area contributed by atoms with Crippen molar-refractivity contribution in [3.63, 3.8) is 0 Å². The van der Waals surface area contributed by atoms with Crippen molar-refractivity contribution in [2.24, 2.45) is 0 Å². The standard InChI is InChI=1S/C21H29N3O3/c1-3-27-20(26)24-12-8-16(9-13-24)23-14-10-21(11-15-23)17-6-4-5-7-18(17)22(2)19(21)25/h4-7,16H,3,8-15H2,1-2H3. The van der Waals surface area contributed by atoms with E-state index in [1.807, 2.05) is 35.9 Å². The van der Waals surface area contributed by atoms with E-state index in [0.29, 0.717) is 12.6 Å². The third kappa shape index (κ3) is 3.00. The van der Waals surface area contributed by atoms with Crippen LogP contribution in [0.2, 0.25) is 0 Å². The van der Waals surface area contributed by atoms with Crippen LogP contribution in [-0.2, 0) is 14.9 Å². The second-order valence-electron chi connectivity index (χ2n) is 7.92. The summed E-state index contributed by atoms with van der Waals surface area (Å²) in [6.45, 7) is 5.67. The van der Waals surface area contributed by atoms with Crippen LogP contribution in [0.5, 0.6) is 0 Å². The molecular weight excluding hydrogens is 342 g/mol. The summed E-state index contributed by atoms with van der Waals surface area (Å²) >= 11 is 0. The number of piperidine rings is 2. The number of para-hydroxylation sites is 1. The lowest BCUT2D eigenvalue weighted by Crippen LogP contribution is -2.53. The van der Waals surface area contributed by atoms with Crippen LogP contribution in [0.3, 0.4) is 0 Å². The molecule has 6 heteroatoms. The normalized spacial score (nSPS) is 23.0. The van der Waals surface area contributed by atoms with Crippen LogP contribution in [-0.4, -0.2) is 67.7 Å². The van der Waals surface area contributed by atoms with E-state index in [1.54, 1.807) is 0 Å². The monoisotopic (exact) mass is 371 g/mol. The molecule has 27 heavy (non-hydrogen) atoms. The maximum atomic E-state index is 13.1. The fourth-order valence-corrected chi connectivity index (χ4v) is 5.10. The Balaban J connectivity index is 1.39. The minimum absolute atomic E-state index is 0.190. The van der Waals surface area contributed by atoms with Crippen LogP contribution < -0.4 is 4.90 Å². The van der Waals surface area contributed by atoms with Crippen molar-refractivity contribution in [1.82, 2.24) is 9.80 Å². The van der Waals surface area contributed by atoms with Crippen molar-refractivity contribution in [2.75, 3.05) is 44.7 Å². The number of benzene rings is 1. The minimum atomic E-state index is -0.340. The molecule has 0 aromatic heterocycles. The predicted molar refractivity (Wildman–Crippen MR) is 104 cm³/mol. The maximum Gasteiger partial charge on any atom is 0.409 e. The van der Waals surface area contributed by atoms with Crippen molar-refractivity contribution >= 4 is 17.7 Å². The third-order valence-electron chi connectivity index (χ3n) is 6.65. The molecule has 2 saturated heterocycles. The number of fused-ring (bicyclic) bond motifs is 2. The summed E-state index contributed by atoms with van der Waals surface area (Å²) in [6, 6.07) is 8.74. The Morgan fingerprint density at radius 3 is 2.48 bits per heavy atom. The number of carbonyl (C=O) groups is 2. The highest BCUT2D eigenvalue weighted by Gasteiger charge is 2.51. The summed E-state index contributed by atoms with van der Waals surface area (Å²) in [5.41, 5.74) is 1.93. The van der Waals surface area contributed by atoms with Gasteiger partial charge in [-0.15, -0.1) is 0 Å². The second-order valence-corrected chi connectivity index (χ2v) is 7.92. The molecule has 0 atom stereocenters. The molecule has 0 saturated carbocycles. The fourth-order valence-electron chi connectivity index (χ4n) is 5.10. The SMILES string of the molecule is CCOC(=O)N1CCC(N2CCC3(CC2)C(=O)N(C)c2ccccc23)CC1. The van der Waals surface area contributed by atoms with Gasteiger partial charge in [0.15, 0.2) is 0 Å². The maximum absolute atomic E-state index is 13.1. The summed E-state index contributed by atoms with van der Waals surface area (Å²) in [4.78, 5) is 31.1. The summed E-state index contributed by atoms with van der Waals surface area (Å²) in [7, 11) is 1.90. The molecule has 4 rings (SSSR count). The van der Waals surface area contributed by atoms with Gasteiger partial charge in [0.25, 0.3) is 0 Å². The van der Waals surface area contributed by atoms with Crippen molar-refractivity contribution in [1.29, 1.82) is 0 Å². The number of hydrogen-bond donors (Lipinski definition) is 0. The number of ether oxygens (including phenoxy) is 1. The number of rotatable bonds is 2. The molecule has 2 fully saturated rings. The fraction of sp³-hybridized carbons (Fsp3) is 0.619. The molecule has 146 valence electrons. The Hall–Kier alpha value is -2.08. The van der Waals surface area contributed by atoms with Gasteiger partial charge in [0.1, 0.15) is 0 Å². The molecule has 0 bridgehead atoms. The van der Waals surface area contributed by atoms with Gasteiger partial charge < -0.3 is 19.4 Å². The van der Waals surface area contributed by atoms with E-state index in [2.05, 4.69) is 17.0 Å². The van der Waals surface area contributed by atoms with Crippen molar-refractivity contribution in [3.05, 3.63) is 29.8 Å². The van der Waals surface area contributed by atoms with E-state index in [4.69, 9.17) is 4.74 Å². The number of hydrogen-bond acceptors (Lipinski definition) is 4. The Labute approximate surface area is 161 Å². The molecule has 1 aromatic rings. The van der Waals surface area contributed by atoms with E-state index in [9.17, 15) is 9.59 Å². The minimum Gasteiger partial charge on any atom is -0.450 e. The van der Waals surface area contributed by atoms with Crippen molar-refractivity contribution < 1.29 is 14.3 Å². The highest BCUT2D eigenvalue weighted by molar-refractivity contribution is 6.07. The number of likely N-dealkylation sites (N-methyl/N-ethyl adjacent to an activating group) is 1. The van der Waals surface area contributed by atoms with Gasteiger partial charge in [0, 0.05) is 31.9 Å².